The molecule has 124 valence electrons. The van der Waals surface area contributed by atoms with Crippen molar-refractivity contribution in [2.24, 2.45) is 0 Å². The van der Waals surface area contributed by atoms with Crippen molar-refractivity contribution in [3.8, 4) is 0 Å². The van der Waals surface area contributed by atoms with E-state index in [0.717, 1.165) is 3.57 Å². The van der Waals surface area contributed by atoms with Crippen molar-refractivity contribution in [2.45, 2.75) is 0 Å². The zero-order valence-electron chi connectivity index (χ0n) is 12.7. The number of carbonyl (C=O) groups is 3. The fraction of sp³-hybridized carbons (Fsp3) is 0.118. The first kappa shape index (κ1) is 17.9. The number of hydrogen-bond donors (Lipinski definition) is 3. The van der Waals surface area contributed by atoms with Gasteiger partial charge in [-0.1, -0.05) is 24.3 Å². The fourth-order valence-corrected chi connectivity index (χ4v) is 2.40. The molecule has 6 nitrogen and oxygen atoms in total. The number of nitrogens with one attached hydrogen (secondary N) is 3. The van der Waals surface area contributed by atoms with Gasteiger partial charge in [-0.05, 0) is 52.9 Å². The molecule has 0 saturated carbocycles. The number of halogens is 1. The number of hydrogen-bond acceptors (Lipinski definition) is 3. The third-order valence-corrected chi connectivity index (χ3v) is 3.67. The van der Waals surface area contributed by atoms with Crippen molar-refractivity contribution in [2.75, 3.05) is 18.4 Å². The molecular formula is C17H16IN3O3. The zero-order chi connectivity index (χ0) is 17.4. The maximum absolute atomic E-state index is 11.9. The Morgan fingerprint density at radius 3 is 2.25 bits per heavy atom. The molecule has 0 aliphatic heterocycles. The lowest BCUT2D eigenvalue weighted by molar-refractivity contribution is -0.123. The van der Waals surface area contributed by atoms with Gasteiger partial charge in [-0.2, -0.15) is 0 Å². The molecule has 7 heteroatoms. The molecule has 3 N–H and O–H groups in total. The molecular weight excluding hydrogens is 421 g/mol. The van der Waals surface area contributed by atoms with E-state index in [1.807, 2.05) is 12.1 Å². The maximum atomic E-state index is 11.9. The molecule has 2 aromatic carbocycles. The van der Waals surface area contributed by atoms with Crippen LogP contribution in [0.3, 0.4) is 0 Å². The summed E-state index contributed by atoms with van der Waals surface area (Å²) in [5.74, 6) is -1.10. The molecule has 0 fully saturated rings. The molecule has 0 unspecified atom stereocenters. The topological polar surface area (TPSA) is 87.3 Å². The van der Waals surface area contributed by atoms with Gasteiger partial charge >= 0.3 is 0 Å². The molecule has 3 amide bonds. The number of amides is 3. The van der Waals surface area contributed by atoms with Crippen molar-refractivity contribution in [1.29, 1.82) is 0 Å². The first-order valence-electron chi connectivity index (χ1n) is 7.20. The molecule has 0 spiro atoms. The zero-order valence-corrected chi connectivity index (χ0v) is 14.9. The van der Waals surface area contributed by atoms with Crippen LogP contribution < -0.4 is 16.0 Å². The van der Waals surface area contributed by atoms with Crippen LogP contribution >= 0.6 is 22.6 Å². The Labute approximate surface area is 153 Å². The van der Waals surface area contributed by atoms with Crippen LogP contribution in [0.1, 0.15) is 10.4 Å². The van der Waals surface area contributed by atoms with Gasteiger partial charge in [-0.25, -0.2) is 0 Å². The second-order valence-electron chi connectivity index (χ2n) is 4.88. The van der Waals surface area contributed by atoms with Crippen molar-refractivity contribution >= 4 is 46.0 Å². The number of para-hydroxylation sites is 1. The highest BCUT2D eigenvalue weighted by atomic mass is 127. The monoisotopic (exact) mass is 437 g/mol. The van der Waals surface area contributed by atoms with E-state index in [4.69, 9.17) is 0 Å². The molecule has 0 bridgehead atoms. The Balaban J connectivity index is 1.71. The predicted octanol–water partition coefficient (Wildman–Crippen LogP) is 1.78. The minimum Gasteiger partial charge on any atom is -0.345 e. The average molecular weight is 437 g/mol. The van der Waals surface area contributed by atoms with Gasteiger partial charge < -0.3 is 16.0 Å². The summed E-state index contributed by atoms with van der Waals surface area (Å²) < 4.78 is 0.933. The lowest BCUT2D eigenvalue weighted by Gasteiger charge is -2.08. The van der Waals surface area contributed by atoms with Crippen molar-refractivity contribution < 1.29 is 14.4 Å². The van der Waals surface area contributed by atoms with Gasteiger partial charge in [-0.3, -0.25) is 14.4 Å². The van der Waals surface area contributed by atoms with E-state index < -0.39 is 5.91 Å². The molecule has 0 radical (unpaired) electrons. The number of benzene rings is 2. The SMILES string of the molecule is O=C(CNC(=O)c1cccc(I)c1)NCC(=O)Nc1ccccc1. The van der Waals surface area contributed by atoms with E-state index in [1.54, 1.807) is 42.5 Å². The van der Waals surface area contributed by atoms with Crippen LogP contribution in [0.2, 0.25) is 0 Å². The van der Waals surface area contributed by atoms with Crippen LogP contribution in [-0.4, -0.2) is 30.8 Å². The molecule has 2 rings (SSSR count). The van der Waals surface area contributed by atoms with Gasteiger partial charge in [0.25, 0.3) is 5.91 Å². The summed E-state index contributed by atoms with van der Waals surface area (Å²) >= 11 is 2.11. The summed E-state index contributed by atoms with van der Waals surface area (Å²) in [6, 6.07) is 16.0. The maximum Gasteiger partial charge on any atom is 0.251 e. The highest BCUT2D eigenvalue weighted by Gasteiger charge is 2.09. The molecule has 0 heterocycles. The van der Waals surface area contributed by atoms with Crippen LogP contribution in [0.4, 0.5) is 5.69 Å². The summed E-state index contributed by atoms with van der Waals surface area (Å²) in [7, 11) is 0. The highest BCUT2D eigenvalue weighted by molar-refractivity contribution is 14.1. The molecule has 0 aliphatic carbocycles. The largest absolute Gasteiger partial charge is 0.345 e. The van der Waals surface area contributed by atoms with Crippen LogP contribution in [0.25, 0.3) is 0 Å². The van der Waals surface area contributed by atoms with E-state index in [1.165, 1.54) is 0 Å². The lowest BCUT2D eigenvalue weighted by Crippen LogP contribution is -2.40. The Hall–Kier alpha value is -2.42. The third-order valence-electron chi connectivity index (χ3n) is 3.00. The number of rotatable bonds is 6. The van der Waals surface area contributed by atoms with E-state index in [2.05, 4.69) is 38.5 Å². The van der Waals surface area contributed by atoms with Gasteiger partial charge in [0, 0.05) is 14.8 Å². The van der Waals surface area contributed by atoms with Crippen molar-refractivity contribution in [3.05, 3.63) is 63.7 Å². The summed E-state index contributed by atoms with van der Waals surface area (Å²) in [5.41, 5.74) is 1.14. The van der Waals surface area contributed by atoms with Crippen molar-refractivity contribution in [3.63, 3.8) is 0 Å². The Morgan fingerprint density at radius 1 is 0.833 bits per heavy atom. The van der Waals surface area contributed by atoms with Gasteiger partial charge in [0.2, 0.25) is 11.8 Å². The molecule has 0 aliphatic rings. The van der Waals surface area contributed by atoms with E-state index in [9.17, 15) is 14.4 Å². The van der Waals surface area contributed by atoms with Crippen molar-refractivity contribution in [1.82, 2.24) is 10.6 Å². The van der Waals surface area contributed by atoms with E-state index >= 15 is 0 Å². The smallest absolute Gasteiger partial charge is 0.251 e. The summed E-state index contributed by atoms with van der Waals surface area (Å²) in [6.45, 7) is -0.351. The molecule has 0 saturated heterocycles. The highest BCUT2D eigenvalue weighted by Crippen LogP contribution is 2.07. The lowest BCUT2D eigenvalue weighted by atomic mass is 10.2. The van der Waals surface area contributed by atoms with Crippen LogP contribution in [0, 0.1) is 3.57 Å². The van der Waals surface area contributed by atoms with Gasteiger partial charge in [0.05, 0.1) is 13.1 Å². The Morgan fingerprint density at radius 2 is 1.54 bits per heavy atom. The molecule has 2 aromatic rings. The second kappa shape index (κ2) is 9.02. The molecule has 0 atom stereocenters. The summed E-state index contributed by atoms with van der Waals surface area (Å²) in [4.78, 5) is 35.3. The van der Waals surface area contributed by atoms with Gasteiger partial charge in [-0.15, -0.1) is 0 Å². The normalized spacial score (nSPS) is 9.88. The fourth-order valence-electron chi connectivity index (χ4n) is 1.86. The van der Waals surface area contributed by atoms with E-state index in [-0.39, 0.29) is 24.9 Å². The summed E-state index contributed by atoms with van der Waals surface area (Å²) in [5, 5.41) is 7.62. The second-order valence-corrected chi connectivity index (χ2v) is 6.13. The van der Waals surface area contributed by atoms with E-state index in [0.29, 0.717) is 11.3 Å². The quantitative estimate of drug-likeness (QED) is 0.603. The molecule has 24 heavy (non-hydrogen) atoms. The first-order chi connectivity index (χ1) is 11.5. The standard InChI is InChI=1S/C17H16IN3O3/c18-13-6-4-5-12(9-13)17(24)20-10-15(22)19-11-16(23)21-14-7-2-1-3-8-14/h1-9H,10-11H2,(H,19,22)(H,20,24)(H,21,23). The van der Waals surface area contributed by atoms with Crippen LogP contribution in [-0.2, 0) is 9.59 Å². The van der Waals surface area contributed by atoms with Gasteiger partial charge in [0.1, 0.15) is 0 Å². The predicted molar refractivity (Wildman–Crippen MR) is 99.6 cm³/mol. The first-order valence-corrected chi connectivity index (χ1v) is 8.28. The minimum atomic E-state index is -0.433. The summed E-state index contributed by atoms with van der Waals surface area (Å²) in [6.07, 6.45) is 0. The van der Waals surface area contributed by atoms with Gasteiger partial charge in [0.15, 0.2) is 0 Å². The molecule has 0 aromatic heterocycles. The number of anilines is 1. The number of carbonyl (C=O) groups excluding carboxylic acids is 3. The van der Waals surface area contributed by atoms with Crippen LogP contribution in [0.5, 0.6) is 0 Å². The Bertz CT molecular complexity index is 735. The average Bonchev–Trinajstić information content (AvgIpc) is 2.58. The van der Waals surface area contributed by atoms with Crippen LogP contribution in [0.15, 0.2) is 54.6 Å². The third kappa shape index (κ3) is 5.99. The minimum absolute atomic E-state index is 0.160. The Kier molecular flexibility index (Phi) is 6.74.